The molecule has 0 saturated carbocycles. The number of benzene rings is 1. The number of rotatable bonds is 1. The van der Waals surface area contributed by atoms with Crippen LogP contribution in [0.25, 0.3) is 27.0 Å². The molecule has 5 rings (SSSR count). The molecule has 0 saturated heterocycles. The van der Waals surface area contributed by atoms with E-state index in [1.54, 1.807) is 34.3 Å². The molecule has 3 aromatic heterocycles. The second kappa shape index (κ2) is 5.64. The highest BCUT2D eigenvalue weighted by Gasteiger charge is 2.20. The molecule has 1 aliphatic carbocycles. The fourth-order valence-electron chi connectivity index (χ4n) is 3.56. The van der Waals surface area contributed by atoms with Gasteiger partial charge in [-0.3, -0.25) is 4.79 Å². The van der Waals surface area contributed by atoms with Crippen molar-refractivity contribution in [3.8, 4) is 11.1 Å². The van der Waals surface area contributed by atoms with Crippen LogP contribution in [-0.2, 0) is 12.8 Å². The first kappa shape index (κ1) is 15.0. The number of halogens is 1. The molecule has 25 heavy (non-hydrogen) atoms. The van der Waals surface area contributed by atoms with Crippen LogP contribution >= 0.6 is 22.9 Å². The van der Waals surface area contributed by atoms with Crippen LogP contribution in [0.1, 0.15) is 23.3 Å². The van der Waals surface area contributed by atoms with Gasteiger partial charge < -0.3 is 0 Å². The fraction of sp³-hybridized carbons (Fsp3) is 0.211. The van der Waals surface area contributed by atoms with Gasteiger partial charge in [0.05, 0.1) is 15.8 Å². The van der Waals surface area contributed by atoms with E-state index in [1.807, 2.05) is 18.2 Å². The zero-order valence-electron chi connectivity index (χ0n) is 13.3. The van der Waals surface area contributed by atoms with Crippen molar-refractivity contribution in [3.63, 3.8) is 0 Å². The molecular weight excluding hydrogens is 354 g/mol. The number of thiophene rings is 1. The highest BCUT2D eigenvalue weighted by molar-refractivity contribution is 7.20. The van der Waals surface area contributed by atoms with Gasteiger partial charge in [-0.25, -0.2) is 14.4 Å². The summed E-state index contributed by atoms with van der Waals surface area (Å²) in [5.41, 5.74) is 4.09. The molecule has 1 aliphatic rings. The molecule has 0 unspecified atom stereocenters. The number of hydrogen-bond donors (Lipinski definition) is 0. The second-order valence-electron chi connectivity index (χ2n) is 6.28. The monoisotopic (exact) mass is 367 g/mol. The molecule has 4 nitrogen and oxygen atoms in total. The first-order chi connectivity index (χ1) is 12.2. The van der Waals surface area contributed by atoms with Crippen LogP contribution < -0.4 is 5.56 Å². The van der Waals surface area contributed by atoms with Gasteiger partial charge in [0, 0.05) is 21.7 Å². The van der Waals surface area contributed by atoms with E-state index < -0.39 is 0 Å². The number of nitrogens with zero attached hydrogens (tertiary/aromatic N) is 3. The lowest BCUT2D eigenvalue weighted by Crippen LogP contribution is -2.17. The minimum Gasteiger partial charge on any atom is -0.268 e. The zero-order valence-corrected chi connectivity index (χ0v) is 14.9. The topological polar surface area (TPSA) is 47.3 Å². The van der Waals surface area contributed by atoms with Crippen LogP contribution in [0.4, 0.5) is 0 Å². The predicted molar refractivity (Wildman–Crippen MR) is 102 cm³/mol. The Bertz CT molecular complexity index is 1190. The summed E-state index contributed by atoms with van der Waals surface area (Å²) < 4.78 is 2.56. The van der Waals surface area contributed by atoms with E-state index in [1.165, 1.54) is 23.3 Å². The van der Waals surface area contributed by atoms with Crippen molar-refractivity contribution < 1.29 is 0 Å². The van der Waals surface area contributed by atoms with Crippen molar-refractivity contribution >= 4 is 38.8 Å². The molecule has 0 fully saturated rings. The molecule has 0 N–H and O–H groups in total. The Morgan fingerprint density at radius 1 is 1.08 bits per heavy atom. The molecule has 0 bridgehead atoms. The molecule has 124 valence electrons. The number of aryl methyl sites for hydroxylation is 2. The average Bonchev–Trinajstić information content (AvgIpc) is 3.02. The van der Waals surface area contributed by atoms with Crippen LogP contribution in [0.2, 0.25) is 5.02 Å². The normalized spacial score (nSPS) is 14.1. The van der Waals surface area contributed by atoms with Crippen molar-refractivity contribution in [2.24, 2.45) is 0 Å². The first-order valence-corrected chi connectivity index (χ1v) is 9.49. The van der Waals surface area contributed by atoms with E-state index in [0.29, 0.717) is 21.8 Å². The van der Waals surface area contributed by atoms with Gasteiger partial charge in [-0.15, -0.1) is 11.3 Å². The van der Waals surface area contributed by atoms with Crippen molar-refractivity contribution in [1.29, 1.82) is 0 Å². The van der Waals surface area contributed by atoms with E-state index in [2.05, 4.69) is 9.97 Å². The fourth-order valence-corrected chi connectivity index (χ4v) is 5.13. The van der Waals surface area contributed by atoms with Gasteiger partial charge in [0.2, 0.25) is 0 Å². The molecule has 6 heteroatoms. The van der Waals surface area contributed by atoms with E-state index in [4.69, 9.17) is 11.6 Å². The first-order valence-electron chi connectivity index (χ1n) is 8.29. The van der Waals surface area contributed by atoms with Crippen molar-refractivity contribution in [2.75, 3.05) is 0 Å². The summed E-state index contributed by atoms with van der Waals surface area (Å²) >= 11 is 7.99. The van der Waals surface area contributed by atoms with Gasteiger partial charge >= 0.3 is 0 Å². The van der Waals surface area contributed by atoms with Gasteiger partial charge in [-0.05, 0) is 37.3 Å². The Kier molecular flexibility index (Phi) is 3.40. The maximum absolute atomic E-state index is 13.0. The SMILES string of the molecule is O=c1c(-c2ccccc2Cl)cnc2c3sc4c(c3ncn12)CCCC4. The summed E-state index contributed by atoms with van der Waals surface area (Å²) in [7, 11) is 0. The third kappa shape index (κ3) is 2.23. The van der Waals surface area contributed by atoms with Crippen LogP contribution in [0.5, 0.6) is 0 Å². The average molecular weight is 368 g/mol. The summed E-state index contributed by atoms with van der Waals surface area (Å²) in [6.07, 6.45) is 7.84. The van der Waals surface area contributed by atoms with Crippen LogP contribution in [0.15, 0.2) is 41.6 Å². The van der Waals surface area contributed by atoms with Gasteiger partial charge in [-0.1, -0.05) is 29.8 Å². The molecule has 0 aliphatic heterocycles. The van der Waals surface area contributed by atoms with E-state index in [9.17, 15) is 4.79 Å². The number of aromatic nitrogens is 3. The minimum atomic E-state index is -0.140. The Balaban J connectivity index is 1.81. The van der Waals surface area contributed by atoms with Gasteiger partial charge in [0.15, 0.2) is 5.65 Å². The predicted octanol–water partition coefficient (Wildman–Crippen LogP) is 4.50. The second-order valence-corrected chi connectivity index (χ2v) is 7.80. The van der Waals surface area contributed by atoms with Gasteiger partial charge in [-0.2, -0.15) is 0 Å². The standard InChI is InChI=1S/C19H14ClN3OS/c20-14-7-3-1-5-11(14)13-9-21-18-17-16(22-10-23(18)19(13)24)12-6-2-4-8-15(12)25-17/h1,3,5,7,9-10H,2,4,6,8H2. The van der Waals surface area contributed by atoms with Crippen LogP contribution in [0.3, 0.4) is 0 Å². The molecule has 0 atom stereocenters. The summed E-state index contributed by atoms with van der Waals surface area (Å²) in [6, 6.07) is 7.33. The Morgan fingerprint density at radius 3 is 2.80 bits per heavy atom. The third-order valence-corrected chi connectivity index (χ3v) is 6.41. The molecule has 3 heterocycles. The van der Waals surface area contributed by atoms with Crippen LogP contribution in [0, 0.1) is 0 Å². The van der Waals surface area contributed by atoms with E-state index in [0.717, 1.165) is 23.1 Å². The molecule has 0 spiro atoms. The maximum Gasteiger partial charge on any atom is 0.267 e. The summed E-state index contributed by atoms with van der Waals surface area (Å²) in [5, 5.41) is 0.543. The Labute approximate surface area is 152 Å². The van der Waals surface area contributed by atoms with Gasteiger partial charge in [0.25, 0.3) is 5.56 Å². The lowest BCUT2D eigenvalue weighted by atomic mass is 9.98. The quantitative estimate of drug-likeness (QED) is 0.497. The van der Waals surface area contributed by atoms with E-state index in [-0.39, 0.29) is 5.56 Å². The van der Waals surface area contributed by atoms with Crippen LogP contribution in [-0.4, -0.2) is 14.4 Å². The van der Waals surface area contributed by atoms with Gasteiger partial charge in [0.1, 0.15) is 6.33 Å². The Morgan fingerprint density at radius 2 is 1.92 bits per heavy atom. The van der Waals surface area contributed by atoms with Crippen molar-refractivity contribution in [2.45, 2.75) is 25.7 Å². The maximum atomic E-state index is 13.0. The van der Waals surface area contributed by atoms with Crippen molar-refractivity contribution in [3.05, 3.63) is 62.6 Å². The minimum absolute atomic E-state index is 0.140. The van der Waals surface area contributed by atoms with Crippen molar-refractivity contribution in [1.82, 2.24) is 14.4 Å². The zero-order chi connectivity index (χ0) is 17.0. The van der Waals surface area contributed by atoms with E-state index >= 15 is 0 Å². The lowest BCUT2D eigenvalue weighted by Gasteiger charge is -2.09. The summed E-state index contributed by atoms with van der Waals surface area (Å²) in [6.45, 7) is 0. The summed E-state index contributed by atoms with van der Waals surface area (Å²) in [5.74, 6) is 0. The lowest BCUT2D eigenvalue weighted by molar-refractivity contribution is 0.699. The molecular formula is C19H14ClN3OS. The Hall–Kier alpha value is -2.24. The smallest absolute Gasteiger partial charge is 0.267 e. The molecule has 0 radical (unpaired) electrons. The third-order valence-electron chi connectivity index (χ3n) is 4.81. The molecule has 0 amide bonds. The largest absolute Gasteiger partial charge is 0.268 e. The number of fused-ring (bicyclic) bond motifs is 5. The molecule has 4 aromatic rings. The highest BCUT2D eigenvalue weighted by atomic mass is 35.5. The highest BCUT2D eigenvalue weighted by Crippen LogP contribution is 2.36. The molecule has 1 aromatic carbocycles. The number of hydrogen-bond acceptors (Lipinski definition) is 4. The summed E-state index contributed by atoms with van der Waals surface area (Å²) in [4.78, 5) is 23.6.